The van der Waals surface area contributed by atoms with Gasteiger partial charge in [-0.05, 0) is 36.6 Å². The Morgan fingerprint density at radius 2 is 2.19 bits per heavy atom. The Morgan fingerprint density at radius 1 is 1.42 bits per heavy atom. The Labute approximate surface area is 162 Å². The average molecular weight is 390 g/mol. The lowest BCUT2D eigenvalue weighted by molar-refractivity contribution is -0.128. The number of carbonyl (C=O) groups is 2. The van der Waals surface area contributed by atoms with Crippen LogP contribution in [-0.2, 0) is 9.59 Å². The molecule has 1 unspecified atom stereocenters. The van der Waals surface area contributed by atoms with Crippen molar-refractivity contribution in [3.63, 3.8) is 0 Å². The highest BCUT2D eigenvalue weighted by Crippen LogP contribution is 2.40. The number of aromatic nitrogens is 1. The summed E-state index contributed by atoms with van der Waals surface area (Å²) in [6, 6.07) is 6.03. The van der Waals surface area contributed by atoms with Crippen molar-refractivity contribution in [2.24, 2.45) is 5.92 Å². The van der Waals surface area contributed by atoms with Gasteiger partial charge in [-0.1, -0.05) is 13.8 Å². The van der Waals surface area contributed by atoms with Crippen LogP contribution in [0, 0.1) is 12.8 Å². The molecule has 2 amide bonds. The zero-order valence-corrected chi connectivity index (χ0v) is 17.0. The van der Waals surface area contributed by atoms with Crippen molar-refractivity contribution < 1.29 is 9.59 Å². The first-order valence-electron chi connectivity index (χ1n) is 8.60. The highest BCUT2D eigenvalue weighted by molar-refractivity contribution is 8.00. The molecule has 5 nitrogen and oxygen atoms in total. The summed E-state index contributed by atoms with van der Waals surface area (Å²) in [5, 5.41) is 2.84. The minimum absolute atomic E-state index is 0.0271. The highest BCUT2D eigenvalue weighted by atomic mass is 32.2. The molecule has 1 aliphatic rings. The standard InChI is InChI=1S/C19H23N3O2S2/c1-11(2)9-22-18(24)10-25-19(22)16-7-14(5-6-20-16)17-8-15(12(3)26-17)21-13(4)23/h5-8,11,19H,9-10H2,1-4H3,(H,21,23). The van der Waals surface area contributed by atoms with Crippen LogP contribution < -0.4 is 5.32 Å². The topological polar surface area (TPSA) is 62.3 Å². The van der Waals surface area contributed by atoms with E-state index in [1.165, 1.54) is 6.92 Å². The Kier molecular flexibility index (Phi) is 5.67. The molecule has 2 aromatic heterocycles. The molecule has 3 heterocycles. The number of nitrogens with one attached hydrogen (secondary N) is 1. The largest absolute Gasteiger partial charge is 0.325 e. The van der Waals surface area contributed by atoms with Crippen molar-refractivity contribution >= 4 is 40.6 Å². The molecule has 0 bridgehead atoms. The van der Waals surface area contributed by atoms with Crippen LogP contribution in [0.1, 0.15) is 36.7 Å². The maximum Gasteiger partial charge on any atom is 0.233 e. The van der Waals surface area contributed by atoms with Crippen LogP contribution in [0.2, 0.25) is 0 Å². The van der Waals surface area contributed by atoms with Gasteiger partial charge in [0.1, 0.15) is 5.37 Å². The molecular formula is C19H23N3O2S2. The number of anilines is 1. The lowest BCUT2D eigenvalue weighted by Crippen LogP contribution is -2.32. The summed E-state index contributed by atoms with van der Waals surface area (Å²) < 4.78 is 0. The average Bonchev–Trinajstić information content (AvgIpc) is 3.11. The fourth-order valence-electron chi connectivity index (χ4n) is 2.96. The number of aryl methyl sites for hydroxylation is 1. The van der Waals surface area contributed by atoms with E-state index in [9.17, 15) is 9.59 Å². The fraction of sp³-hybridized carbons (Fsp3) is 0.421. The van der Waals surface area contributed by atoms with Crippen molar-refractivity contribution in [1.29, 1.82) is 0 Å². The summed E-state index contributed by atoms with van der Waals surface area (Å²) in [7, 11) is 0. The molecule has 0 aromatic carbocycles. The van der Waals surface area contributed by atoms with Gasteiger partial charge in [0.2, 0.25) is 11.8 Å². The molecule has 0 aliphatic carbocycles. The Bertz CT molecular complexity index is 832. The summed E-state index contributed by atoms with van der Waals surface area (Å²) in [5.41, 5.74) is 2.82. The first-order valence-corrected chi connectivity index (χ1v) is 10.5. The Morgan fingerprint density at radius 3 is 2.88 bits per heavy atom. The number of carbonyl (C=O) groups excluding carboxylic acids is 2. The number of thiophene rings is 1. The van der Waals surface area contributed by atoms with Crippen LogP contribution in [0.3, 0.4) is 0 Å². The molecule has 0 saturated carbocycles. The predicted molar refractivity (Wildman–Crippen MR) is 108 cm³/mol. The van der Waals surface area contributed by atoms with Gasteiger partial charge < -0.3 is 10.2 Å². The third-order valence-corrected chi connectivity index (χ3v) is 6.40. The molecule has 1 aliphatic heterocycles. The van der Waals surface area contributed by atoms with E-state index in [0.29, 0.717) is 11.7 Å². The number of nitrogens with zero attached hydrogens (tertiary/aromatic N) is 2. The van der Waals surface area contributed by atoms with Crippen molar-refractivity contribution in [3.05, 3.63) is 35.0 Å². The van der Waals surface area contributed by atoms with Crippen LogP contribution in [0.15, 0.2) is 24.4 Å². The Hall–Kier alpha value is -1.86. The summed E-state index contributed by atoms with van der Waals surface area (Å²) in [6.45, 7) is 8.49. The number of rotatable bonds is 5. The van der Waals surface area contributed by atoms with E-state index >= 15 is 0 Å². The van der Waals surface area contributed by atoms with Crippen LogP contribution in [0.5, 0.6) is 0 Å². The first-order chi connectivity index (χ1) is 12.3. The number of hydrogen-bond donors (Lipinski definition) is 1. The molecule has 0 radical (unpaired) electrons. The van der Waals surface area contributed by atoms with Crippen LogP contribution in [0.25, 0.3) is 10.4 Å². The lowest BCUT2D eigenvalue weighted by atomic mass is 10.1. The third-order valence-electron chi connectivity index (χ3n) is 4.08. The molecule has 138 valence electrons. The van der Waals surface area contributed by atoms with E-state index in [2.05, 4.69) is 30.2 Å². The molecule has 2 aromatic rings. The van der Waals surface area contributed by atoms with E-state index in [1.54, 1.807) is 29.3 Å². The highest BCUT2D eigenvalue weighted by Gasteiger charge is 2.34. The van der Waals surface area contributed by atoms with Gasteiger partial charge in [-0.25, -0.2) is 0 Å². The van der Waals surface area contributed by atoms with Crippen molar-refractivity contribution in [2.45, 2.75) is 33.1 Å². The van der Waals surface area contributed by atoms with Gasteiger partial charge in [-0.3, -0.25) is 14.6 Å². The van der Waals surface area contributed by atoms with Crippen LogP contribution >= 0.6 is 23.1 Å². The molecular weight excluding hydrogens is 366 g/mol. The maximum absolute atomic E-state index is 12.2. The van der Waals surface area contributed by atoms with E-state index < -0.39 is 0 Å². The van der Waals surface area contributed by atoms with Gasteiger partial charge in [0, 0.05) is 29.4 Å². The second-order valence-corrected chi connectivity index (χ2v) is 9.16. The van der Waals surface area contributed by atoms with Gasteiger partial charge in [-0.2, -0.15) is 0 Å². The van der Waals surface area contributed by atoms with Crippen LogP contribution in [0.4, 0.5) is 5.69 Å². The minimum Gasteiger partial charge on any atom is -0.325 e. The SMILES string of the molecule is CC(=O)Nc1cc(-c2ccnc(C3SCC(=O)N3CC(C)C)c2)sc1C. The van der Waals surface area contributed by atoms with Gasteiger partial charge in [0.05, 0.1) is 17.1 Å². The quantitative estimate of drug-likeness (QED) is 0.828. The molecule has 0 spiro atoms. The van der Waals surface area contributed by atoms with Crippen molar-refractivity contribution in [1.82, 2.24) is 9.88 Å². The molecule has 7 heteroatoms. The van der Waals surface area contributed by atoms with Gasteiger partial charge >= 0.3 is 0 Å². The molecule has 1 fully saturated rings. The van der Waals surface area contributed by atoms with E-state index in [4.69, 9.17) is 0 Å². The Balaban J connectivity index is 1.89. The van der Waals surface area contributed by atoms with E-state index in [0.717, 1.165) is 33.2 Å². The molecule has 1 saturated heterocycles. The summed E-state index contributed by atoms with van der Waals surface area (Å²) in [5.74, 6) is 1.04. The van der Waals surface area contributed by atoms with Crippen molar-refractivity contribution in [3.8, 4) is 10.4 Å². The lowest BCUT2D eigenvalue weighted by Gasteiger charge is -2.25. The molecule has 26 heavy (non-hydrogen) atoms. The minimum atomic E-state index is -0.0712. The summed E-state index contributed by atoms with van der Waals surface area (Å²) in [6.07, 6.45) is 1.80. The van der Waals surface area contributed by atoms with Crippen LogP contribution in [-0.4, -0.2) is 34.0 Å². The van der Waals surface area contributed by atoms with E-state index in [1.807, 2.05) is 24.0 Å². The monoisotopic (exact) mass is 389 g/mol. The predicted octanol–water partition coefficient (Wildman–Crippen LogP) is 4.31. The van der Waals surface area contributed by atoms with Gasteiger partial charge in [-0.15, -0.1) is 23.1 Å². The number of pyridine rings is 1. The maximum atomic E-state index is 12.2. The van der Waals surface area contributed by atoms with E-state index in [-0.39, 0.29) is 17.2 Å². The van der Waals surface area contributed by atoms with Crippen molar-refractivity contribution in [2.75, 3.05) is 17.6 Å². The zero-order valence-electron chi connectivity index (χ0n) is 15.4. The second kappa shape index (κ2) is 7.80. The number of hydrogen-bond acceptors (Lipinski definition) is 5. The normalized spacial score (nSPS) is 17.2. The number of amides is 2. The smallest absolute Gasteiger partial charge is 0.233 e. The zero-order chi connectivity index (χ0) is 18.8. The van der Waals surface area contributed by atoms with Gasteiger partial charge in [0.15, 0.2) is 0 Å². The summed E-state index contributed by atoms with van der Waals surface area (Å²) in [4.78, 5) is 32.2. The van der Waals surface area contributed by atoms with Gasteiger partial charge in [0.25, 0.3) is 0 Å². The fourth-order valence-corrected chi connectivity index (χ4v) is 5.09. The second-order valence-electron chi connectivity index (χ2n) is 6.83. The molecule has 1 N–H and O–H groups in total. The molecule has 1 atom stereocenters. The third kappa shape index (κ3) is 4.10. The first kappa shape index (κ1) is 18.9. The molecule has 3 rings (SSSR count). The number of thioether (sulfide) groups is 1. The summed E-state index contributed by atoms with van der Waals surface area (Å²) >= 11 is 3.28.